The number of benzene rings is 2. The molecule has 1 amide bonds. The van der Waals surface area contributed by atoms with Gasteiger partial charge >= 0.3 is 0 Å². The molecule has 1 aliphatic heterocycles. The Balaban J connectivity index is 0.00000162. The van der Waals surface area contributed by atoms with E-state index in [9.17, 15) is 13.2 Å². The second-order valence-corrected chi connectivity index (χ2v) is 10.5. The standard InChI is InChI=1S/C20H15Cl2N5O3S2.2H2/c21-14-9-16-18(10-15(14)22)27(11-24-16)17-5-7-26(19(17)28)12-1-3-13(4-2-12)32(29,30)25-20-23-6-8-31-20;;/h1-4,6,8-11,17H,5,7H2,(H,23,25);2*1H/t17-;;/m0../s1. The Bertz CT molecular complexity index is 1430. The van der Waals surface area contributed by atoms with Crippen molar-refractivity contribution in [2.75, 3.05) is 16.2 Å². The molecule has 12 heteroatoms. The molecule has 2 aromatic heterocycles. The second-order valence-electron chi connectivity index (χ2n) is 7.14. The number of nitrogens with zero attached hydrogens (tertiary/aromatic N) is 4. The van der Waals surface area contributed by atoms with E-state index < -0.39 is 16.1 Å². The Morgan fingerprint density at radius 1 is 1.12 bits per heavy atom. The van der Waals surface area contributed by atoms with Crippen molar-refractivity contribution in [1.82, 2.24) is 14.5 Å². The smallest absolute Gasteiger partial charge is 0.263 e. The Morgan fingerprint density at radius 3 is 2.59 bits per heavy atom. The molecule has 0 spiro atoms. The minimum Gasteiger partial charge on any atom is -0.318 e. The monoisotopic (exact) mass is 511 g/mol. The highest BCUT2D eigenvalue weighted by Gasteiger charge is 2.34. The number of carbonyl (C=O) groups is 1. The molecule has 0 radical (unpaired) electrons. The van der Waals surface area contributed by atoms with Gasteiger partial charge in [-0.1, -0.05) is 23.2 Å². The number of aromatic nitrogens is 3. The zero-order valence-electron chi connectivity index (χ0n) is 16.3. The SMILES string of the molecule is O=C1[C@@H](n2cnc3cc(Cl)c(Cl)cc32)CCN1c1ccc(S(=O)(=O)Nc2nccs2)cc1.[HH].[HH]. The third-order valence-electron chi connectivity index (χ3n) is 5.24. The highest BCUT2D eigenvalue weighted by Crippen LogP contribution is 2.34. The first-order valence-corrected chi connectivity index (χ1v) is 12.6. The van der Waals surface area contributed by atoms with Gasteiger partial charge in [-0.3, -0.25) is 9.52 Å². The summed E-state index contributed by atoms with van der Waals surface area (Å²) in [5, 5.41) is 2.78. The van der Waals surface area contributed by atoms with Gasteiger partial charge in [0.05, 0.1) is 32.3 Å². The number of nitrogens with one attached hydrogen (secondary N) is 1. The van der Waals surface area contributed by atoms with Gasteiger partial charge in [0, 0.05) is 26.7 Å². The van der Waals surface area contributed by atoms with Crippen LogP contribution in [-0.4, -0.2) is 35.4 Å². The van der Waals surface area contributed by atoms with E-state index in [1.807, 2.05) is 0 Å². The summed E-state index contributed by atoms with van der Waals surface area (Å²) in [6.45, 7) is 0.494. The number of sulfonamides is 1. The topological polar surface area (TPSA) is 97.2 Å². The molecule has 0 aliphatic carbocycles. The van der Waals surface area contributed by atoms with E-state index >= 15 is 0 Å². The Hall–Kier alpha value is -2.66. The minimum absolute atomic E-state index is 0. The molecule has 1 saturated heterocycles. The summed E-state index contributed by atoms with van der Waals surface area (Å²) in [4.78, 5) is 23.2. The van der Waals surface area contributed by atoms with Crippen molar-refractivity contribution in [2.45, 2.75) is 17.4 Å². The van der Waals surface area contributed by atoms with E-state index in [4.69, 9.17) is 23.2 Å². The summed E-state index contributed by atoms with van der Waals surface area (Å²) >= 11 is 13.4. The predicted octanol–water partition coefficient (Wildman–Crippen LogP) is 5.07. The first kappa shape index (κ1) is 21.2. The summed E-state index contributed by atoms with van der Waals surface area (Å²) < 4.78 is 29.3. The highest BCUT2D eigenvalue weighted by molar-refractivity contribution is 7.93. The van der Waals surface area contributed by atoms with E-state index in [0.29, 0.717) is 39.3 Å². The molecule has 1 N–H and O–H groups in total. The molecule has 2 aromatic carbocycles. The fraction of sp³-hybridized carbons (Fsp3) is 0.150. The number of hydrogen-bond donors (Lipinski definition) is 1. The fourth-order valence-corrected chi connectivity index (χ4v) is 5.81. The maximum atomic E-state index is 13.2. The molecule has 0 bridgehead atoms. The third-order valence-corrected chi connectivity index (χ3v) is 8.14. The van der Waals surface area contributed by atoms with Gasteiger partial charge in [0.1, 0.15) is 6.04 Å². The molecule has 0 saturated carbocycles. The van der Waals surface area contributed by atoms with E-state index in [0.717, 1.165) is 5.52 Å². The van der Waals surface area contributed by atoms with Crippen molar-refractivity contribution in [2.24, 2.45) is 0 Å². The zero-order valence-corrected chi connectivity index (χ0v) is 19.4. The molecule has 1 fully saturated rings. The molecule has 32 heavy (non-hydrogen) atoms. The van der Waals surface area contributed by atoms with Crippen LogP contribution in [0.1, 0.15) is 15.3 Å². The molecule has 5 rings (SSSR count). The third kappa shape index (κ3) is 3.73. The molecule has 1 aliphatic rings. The second kappa shape index (κ2) is 8.04. The predicted molar refractivity (Wildman–Crippen MR) is 129 cm³/mol. The molecule has 168 valence electrons. The van der Waals surface area contributed by atoms with Crippen molar-refractivity contribution in [3.05, 3.63) is 64.3 Å². The minimum atomic E-state index is -3.76. The molecule has 0 unspecified atom stereocenters. The Kier molecular flexibility index (Phi) is 5.32. The molecular weight excluding hydrogens is 493 g/mol. The van der Waals surface area contributed by atoms with Crippen LogP contribution in [-0.2, 0) is 14.8 Å². The summed E-state index contributed by atoms with van der Waals surface area (Å²) in [5.41, 5.74) is 2.01. The van der Waals surface area contributed by atoms with Crippen molar-refractivity contribution < 1.29 is 16.1 Å². The van der Waals surface area contributed by atoms with Crippen LogP contribution in [0.15, 0.2) is 59.2 Å². The van der Waals surface area contributed by atoms with Crippen LogP contribution in [0.5, 0.6) is 0 Å². The van der Waals surface area contributed by atoms with E-state index in [1.54, 1.807) is 45.4 Å². The van der Waals surface area contributed by atoms with Gasteiger partial charge in [0.25, 0.3) is 10.0 Å². The number of amides is 1. The first-order valence-electron chi connectivity index (χ1n) is 9.49. The maximum absolute atomic E-state index is 13.2. The number of imidazole rings is 1. The Morgan fingerprint density at radius 2 is 1.88 bits per heavy atom. The van der Waals surface area contributed by atoms with Gasteiger partial charge in [0.2, 0.25) is 5.91 Å². The number of halogens is 2. The quantitative estimate of drug-likeness (QED) is 0.403. The lowest BCUT2D eigenvalue weighted by Crippen LogP contribution is -2.28. The fourth-order valence-electron chi connectivity index (χ4n) is 3.70. The normalized spacial score (nSPS) is 16.8. The van der Waals surface area contributed by atoms with Gasteiger partial charge in [-0.15, -0.1) is 11.3 Å². The average molecular weight is 512 g/mol. The van der Waals surface area contributed by atoms with Crippen LogP contribution in [0.2, 0.25) is 10.0 Å². The van der Waals surface area contributed by atoms with E-state index in [2.05, 4.69) is 14.7 Å². The summed E-state index contributed by atoms with van der Waals surface area (Å²) in [6.07, 6.45) is 3.71. The lowest BCUT2D eigenvalue weighted by Gasteiger charge is -2.18. The van der Waals surface area contributed by atoms with Gasteiger partial charge in [0.15, 0.2) is 5.13 Å². The zero-order chi connectivity index (χ0) is 22.5. The molecule has 1 atom stereocenters. The largest absolute Gasteiger partial charge is 0.318 e. The van der Waals surface area contributed by atoms with Crippen molar-refractivity contribution >= 4 is 72.3 Å². The molecular formula is C20H19Cl2N5O3S2. The molecule has 4 aromatic rings. The van der Waals surface area contributed by atoms with Crippen molar-refractivity contribution in [1.29, 1.82) is 0 Å². The van der Waals surface area contributed by atoms with E-state index in [1.165, 1.54) is 29.7 Å². The van der Waals surface area contributed by atoms with E-state index in [-0.39, 0.29) is 13.7 Å². The van der Waals surface area contributed by atoms with Gasteiger partial charge in [-0.05, 0) is 42.8 Å². The number of fused-ring (bicyclic) bond motifs is 1. The lowest BCUT2D eigenvalue weighted by atomic mass is 10.2. The van der Waals surface area contributed by atoms with Crippen LogP contribution < -0.4 is 9.62 Å². The Labute approximate surface area is 200 Å². The van der Waals surface area contributed by atoms with Gasteiger partial charge in [-0.2, -0.15) is 0 Å². The lowest BCUT2D eigenvalue weighted by molar-refractivity contribution is -0.119. The first-order chi connectivity index (χ1) is 15.3. The summed E-state index contributed by atoms with van der Waals surface area (Å²) in [5.74, 6) is -0.105. The van der Waals surface area contributed by atoms with Crippen LogP contribution >= 0.6 is 34.5 Å². The van der Waals surface area contributed by atoms with Crippen molar-refractivity contribution in [3.8, 4) is 0 Å². The number of hydrogen-bond acceptors (Lipinski definition) is 6. The highest BCUT2D eigenvalue weighted by atomic mass is 35.5. The van der Waals surface area contributed by atoms with Crippen molar-refractivity contribution in [3.63, 3.8) is 0 Å². The average Bonchev–Trinajstić information content (AvgIpc) is 3.49. The van der Waals surface area contributed by atoms with Crippen LogP contribution in [0, 0.1) is 0 Å². The summed E-state index contributed by atoms with van der Waals surface area (Å²) in [7, 11) is -3.76. The van der Waals surface area contributed by atoms with Crippen LogP contribution in [0.3, 0.4) is 0 Å². The van der Waals surface area contributed by atoms with Gasteiger partial charge < -0.3 is 9.47 Å². The van der Waals surface area contributed by atoms with Gasteiger partial charge in [-0.25, -0.2) is 18.4 Å². The number of thiazole rings is 1. The maximum Gasteiger partial charge on any atom is 0.263 e. The number of anilines is 2. The van der Waals surface area contributed by atoms with Crippen LogP contribution in [0.25, 0.3) is 11.0 Å². The van der Waals surface area contributed by atoms with Crippen LogP contribution in [0.4, 0.5) is 10.8 Å². The molecule has 3 heterocycles. The number of rotatable bonds is 5. The molecule has 8 nitrogen and oxygen atoms in total. The number of carbonyl (C=O) groups excluding carboxylic acids is 1. The summed E-state index contributed by atoms with van der Waals surface area (Å²) in [6, 6.07) is 9.13.